The summed E-state index contributed by atoms with van der Waals surface area (Å²) in [5.74, 6) is 0.801. The van der Waals surface area contributed by atoms with Crippen molar-refractivity contribution in [3.8, 4) is 17.0 Å². The van der Waals surface area contributed by atoms with E-state index in [4.69, 9.17) is 37.7 Å². The number of likely N-dealkylation sites (N-methyl/N-ethyl adjacent to an activating group) is 1. The summed E-state index contributed by atoms with van der Waals surface area (Å²) < 4.78 is 13.2. The minimum absolute atomic E-state index is 0.0250. The number of carbonyl (C=O) groups excluding carboxylic acids is 2. The number of fused-ring (bicyclic) bond motifs is 1. The molecule has 3 aromatic carbocycles. The van der Waals surface area contributed by atoms with Crippen LogP contribution in [-0.4, -0.2) is 100 Å². The number of ketones is 1. The molecule has 1 fully saturated rings. The average Bonchev–Trinajstić information content (AvgIpc) is 3.83. The van der Waals surface area contributed by atoms with Gasteiger partial charge in [0.2, 0.25) is 5.78 Å². The largest absolute Gasteiger partial charge is 0.496 e. The average molecular weight is 733 g/mol. The van der Waals surface area contributed by atoms with Gasteiger partial charge in [-0.15, -0.1) is 0 Å². The summed E-state index contributed by atoms with van der Waals surface area (Å²) in [7, 11) is 3.35. The van der Waals surface area contributed by atoms with E-state index in [9.17, 15) is 9.59 Å². The smallest absolute Gasteiger partial charge is 0.257 e. The van der Waals surface area contributed by atoms with Crippen molar-refractivity contribution in [2.24, 2.45) is 5.92 Å². The predicted octanol–water partition coefficient (Wildman–Crippen LogP) is 7.01. The van der Waals surface area contributed by atoms with E-state index in [-0.39, 0.29) is 23.5 Å². The maximum atomic E-state index is 13.9. The number of para-hydroxylation sites is 2. The molecular weight excluding hydrogens is 689 g/mol. The van der Waals surface area contributed by atoms with Gasteiger partial charge in [0.05, 0.1) is 46.6 Å². The van der Waals surface area contributed by atoms with Gasteiger partial charge in [-0.1, -0.05) is 41.4 Å². The van der Waals surface area contributed by atoms with Crippen LogP contribution in [-0.2, 0) is 11.3 Å². The number of carbonyl (C=O) groups is 2. The van der Waals surface area contributed by atoms with Crippen LogP contribution < -0.4 is 4.74 Å². The minimum Gasteiger partial charge on any atom is -0.496 e. The number of nitrogens with one attached hydrogen (secondary N) is 1. The number of benzene rings is 3. The number of aromatic nitrogens is 5. The van der Waals surface area contributed by atoms with Crippen molar-refractivity contribution < 1.29 is 19.1 Å². The number of ether oxygens (including phenoxy) is 2. The van der Waals surface area contributed by atoms with Crippen LogP contribution in [0.25, 0.3) is 22.3 Å². The maximum absolute atomic E-state index is 13.9. The van der Waals surface area contributed by atoms with Gasteiger partial charge >= 0.3 is 0 Å². The highest BCUT2D eigenvalue weighted by atomic mass is 35.5. The lowest BCUT2D eigenvalue weighted by Gasteiger charge is -2.33. The third kappa shape index (κ3) is 8.44. The van der Waals surface area contributed by atoms with E-state index in [0.717, 1.165) is 61.1 Å². The van der Waals surface area contributed by atoms with Crippen molar-refractivity contribution in [3.63, 3.8) is 0 Å². The number of hydrogen-bond acceptors (Lipinski definition) is 8. The summed E-state index contributed by atoms with van der Waals surface area (Å²) in [4.78, 5) is 36.7. The van der Waals surface area contributed by atoms with Crippen LogP contribution in [0.5, 0.6) is 5.75 Å². The number of Topliss-reactive ketones (excluding diaryl/α,β-unsaturated/α-hetero) is 1. The highest BCUT2D eigenvalue weighted by Gasteiger charge is 2.30. The summed E-state index contributed by atoms with van der Waals surface area (Å²) in [6.45, 7) is 6.54. The summed E-state index contributed by atoms with van der Waals surface area (Å²) in [6, 6.07) is 19.0. The molecule has 2 aromatic heterocycles. The van der Waals surface area contributed by atoms with Crippen LogP contribution >= 0.6 is 23.2 Å². The maximum Gasteiger partial charge on any atom is 0.257 e. The highest BCUT2D eigenvalue weighted by molar-refractivity contribution is 6.42. The lowest BCUT2D eigenvalue weighted by molar-refractivity contribution is 0.0776. The number of rotatable bonds is 15. The van der Waals surface area contributed by atoms with Crippen LogP contribution in [0.15, 0.2) is 66.9 Å². The van der Waals surface area contributed by atoms with Crippen molar-refractivity contribution in [2.75, 3.05) is 53.6 Å². The van der Waals surface area contributed by atoms with E-state index >= 15 is 0 Å². The monoisotopic (exact) mass is 731 g/mol. The molecule has 0 bridgehead atoms. The van der Waals surface area contributed by atoms with E-state index in [0.29, 0.717) is 59.2 Å². The predicted molar refractivity (Wildman–Crippen MR) is 199 cm³/mol. The molecule has 0 aliphatic carbocycles. The van der Waals surface area contributed by atoms with E-state index in [1.54, 1.807) is 43.5 Å². The second-order valence-corrected chi connectivity index (χ2v) is 13.7. The SMILES string of the molecule is CCOCCn1c(C(=O)C2CCN(CCC(CN(C)C(=O)c3cc(-c4cn[nH]n4)ccc3OC)c3ccc(Cl)c(Cl)c3)CC2)nc2ccccc21. The van der Waals surface area contributed by atoms with Crippen LogP contribution in [0.3, 0.4) is 0 Å². The van der Waals surface area contributed by atoms with E-state index in [1.165, 1.54) is 0 Å². The number of H-pyrrole nitrogens is 1. The van der Waals surface area contributed by atoms with Gasteiger partial charge in [0, 0.05) is 44.1 Å². The molecule has 1 atom stereocenters. The molecular formula is C38H43Cl2N7O4. The zero-order valence-electron chi connectivity index (χ0n) is 29.1. The van der Waals surface area contributed by atoms with Gasteiger partial charge in [-0.3, -0.25) is 9.59 Å². The van der Waals surface area contributed by atoms with Crippen molar-refractivity contribution in [1.82, 2.24) is 34.8 Å². The van der Waals surface area contributed by atoms with Crippen molar-refractivity contribution >= 4 is 45.9 Å². The van der Waals surface area contributed by atoms with E-state index in [2.05, 4.69) is 20.3 Å². The van der Waals surface area contributed by atoms with Gasteiger partial charge in [0.15, 0.2) is 5.82 Å². The van der Waals surface area contributed by atoms with Gasteiger partial charge in [0.25, 0.3) is 5.91 Å². The molecule has 1 aliphatic rings. The number of aromatic amines is 1. The first-order chi connectivity index (χ1) is 24.8. The Morgan fingerprint density at radius 2 is 1.84 bits per heavy atom. The second-order valence-electron chi connectivity index (χ2n) is 12.9. The first kappa shape index (κ1) is 36.5. The minimum atomic E-state index is -0.172. The second kappa shape index (κ2) is 16.8. The molecule has 13 heteroatoms. The molecule has 268 valence electrons. The number of piperidine rings is 1. The molecule has 0 radical (unpaired) electrons. The summed E-state index contributed by atoms with van der Waals surface area (Å²) in [5, 5.41) is 11.6. The van der Waals surface area contributed by atoms with Crippen LogP contribution in [0.1, 0.15) is 58.6 Å². The quantitative estimate of drug-likeness (QED) is 0.0903. The van der Waals surface area contributed by atoms with E-state index < -0.39 is 0 Å². The zero-order valence-corrected chi connectivity index (χ0v) is 30.7. The van der Waals surface area contributed by atoms with Crippen molar-refractivity contribution in [1.29, 1.82) is 0 Å². The molecule has 51 heavy (non-hydrogen) atoms. The number of hydrogen-bond donors (Lipinski definition) is 1. The van der Waals surface area contributed by atoms with Gasteiger partial charge in [-0.05, 0) is 93.8 Å². The number of likely N-dealkylation sites (tertiary alicyclic amines) is 1. The Labute approximate surface area is 307 Å². The Morgan fingerprint density at radius 1 is 1.04 bits per heavy atom. The summed E-state index contributed by atoms with van der Waals surface area (Å²) in [5.41, 5.74) is 4.61. The first-order valence-electron chi connectivity index (χ1n) is 17.3. The van der Waals surface area contributed by atoms with Gasteiger partial charge < -0.3 is 23.8 Å². The fourth-order valence-electron chi connectivity index (χ4n) is 6.85. The number of amides is 1. The van der Waals surface area contributed by atoms with Crippen molar-refractivity contribution in [3.05, 3.63) is 93.9 Å². The molecule has 0 saturated carbocycles. The van der Waals surface area contributed by atoms with E-state index in [1.807, 2.05) is 54.0 Å². The number of imidazole rings is 1. The molecule has 1 N–H and O–H groups in total. The van der Waals surface area contributed by atoms with Crippen LogP contribution in [0.4, 0.5) is 0 Å². The normalized spacial score (nSPS) is 14.5. The number of nitrogens with zero attached hydrogens (tertiary/aromatic N) is 6. The van der Waals surface area contributed by atoms with Crippen LogP contribution in [0.2, 0.25) is 10.0 Å². The standard InChI is InChI=1S/C38H43Cl2N7O4/c1-4-51-20-19-47-34-8-6-5-7-32(34)42-37(47)36(48)25-13-16-46(17-14-25)18-15-28(26-9-11-30(39)31(40)22-26)24-45(2)38(49)29-21-27(10-12-35(29)50-3)33-23-41-44-43-33/h5-12,21-23,25,28H,4,13-20,24H2,1-3H3,(H,41,43,44). The van der Waals surface area contributed by atoms with Gasteiger partial charge in [-0.25, -0.2) is 4.98 Å². The Balaban J connectivity index is 1.13. The highest BCUT2D eigenvalue weighted by Crippen LogP contribution is 2.32. The topological polar surface area (TPSA) is 118 Å². The molecule has 11 nitrogen and oxygen atoms in total. The molecule has 6 rings (SSSR count). The summed E-state index contributed by atoms with van der Waals surface area (Å²) in [6.07, 6.45) is 3.90. The third-order valence-electron chi connectivity index (χ3n) is 9.69. The third-order valence-corrected chi connectivity index (χ3v) is 10.4. The summed E-state index contributed by atoms with van der Waals surface area (Å²) >= 11 is 12.8. The van der Waals surface area contributed by atoms with Gasteiger partial charge in [-0.2, -0.15) is 15.4 Å². The Kier molecular flexibility index (Phi) is 12.0. The zero-order chi connectivity index (χ0) is 35.9. The molecule has 5 aromatic rings. The molecule has 3 heterocycles. The fourth-order valence-corrected chi connectivity index (χ4v) is 7.16. The lowest BCUT2D eigenvalue weighted by Crippen LogP contribution is -2.39. The molecule has 1 saturated heterocycles. The van der Waals surface area contributed by atoms with Crippen molar-refractivity contribution in [2.45, 2.75) is 38.6 Å². The molecule has 1 amide bonds. The van der Waals surface area contributed by atoms with Crippen LogP contribution in [0, 0.1) is 5.92 Å². The number of halogens is 2. The molecule has 0 spiro atoms. The molecule has 1 aliphatic heterocycles. The lowest BCUT2D eigenvalue weighted by atomic mass is 9.90. The Morgan fingerprint density at radius 3 is 2.57 bits per heavy atom. The number of methoxy groups -OCH3 is 1. The Bertz CT molecular complexity index is 1960. The molecule has 1 unspecified atom stereocenters. The Hall–Kier alpha value is -4.29. The van der Waals surface area contributed by atoms with Gasteiger partial charge in [0.1, 0.15) is 11.4 Å². The first-order valence-corrected chi connectivity index (χ1v) is 18.1. The fraction of sp³-hybridized carbons (Fsp3) is 0.395.